The third kappa shape index (κ3) is 2.74. The number of hydrogen-bond donors (Lipinski definition) is 2. The monoisotopic (exact) mass is 226 g/mol. The molecule has 0 aliphatic heterocycles. The molecule has 0 atom stereocenters. The molecule has 16 heavy (non-hydrogen) atoms. The molecule has 0 aromatic heterocycles. The van der Waals surface area contributed by atoms with Crippen molar-refractivity contribution < 1.29 is 9.63 Å². The molecule has 2 fully saturated rings. The normalized spacial score (nSPS) is 24.1. The van der Waals surface area contributed by atoms with E-state index in [0.29, 0.717) is 13.0 Å². The van der Waals surface area contributed by atoms with Crippen LogP contribution in [0.2, 0.25) is 0 Å². The highest BCUT2D eigenvalue weighted by Crippen LogP contribution is 2.42. The molecule has 0 radical (unpaired) electrons. The molecule has 2 aliphatic rings. The van der Waals surface area contributed by atoms with Gasteiger partial charge in [-0.3, -0.25) is 9.63 Å². The second-order valence-electron chi connectivity index (χ2n) is 5.28. The lowest BCUT2D eigenvalue weighted by Gasteiger charge is -2.40. The second kappa shape index (κ2) is 5.15. The van der Waals surface area contributed by atoms with Crippen LogP contribution in [-0.2, 0) is 9.63 Å². The van der Waals surface area contributed by atoms with Gasteiger partial charge in [0.25, 0.3) is 0 Å². The molecule has 0 aromatic carbocycles. The minimum atomic E-state index is -0.00273. The van der Waals surface area contributed by atoms with Gasteiger partial charge in [-0.15, -0.1) is 0 Å². The predicted molar refractivity (Wildman–Crippen MR) is 61.4 cm³/mol. The van der Waals surface area contributed by atoms with Gasteiger partial charge in [-0.1, -0.05) is 19.3 Å². The molecule has 92 valence electrons. The van der Waals surface area contributed by atoms with E-state index in [4.69, 9.17) is 10.6 Å². The zero-order chi connectivity index (χ0) is 11.4. The first-order chi connectivity index (χ1) is 7.74. The van der Waals surface area contributed by atoms with E-state index in [1.807, 2.05) is 0 Å². The summed E-state index contributed by atoms with van der Waals surface area (Å²) < 4.78 is 0. The van der Waals surface area contributed by atoms with Gasteiger partial charge in [-0.25, -0.2) is 5.48 Å². The smallest absolute Gasteiger partial charge is 0.244 e. The lowest BCUT2D eigenvalue weighted by Crippen LogP contribution is -2.42. The molecule has 4 heteroatoms. The van der Waals surface area contributed by atoms with Crippen LogP contribution in [0, 0.1) is 5.41 Å². The summed E-state index contributed by atoms with van der Waals surface area (Å²) in [5, 5.41) is 0. The van der Waals surface area contributed by atoms with Crippen molar-refractivity contribution in [1.29, 1.82) is 0 Å². The molecule has 2 aliphatic carbocycles. The maximum atomic E-state index is 11.7. The molecule has 4 nitrogen and oxygen atoms in total. The van der Waals surface area contributed by atoms with E-state index in [9.17, 15) is 4.79 Å². The molecule has 3 N–H and O–H groups in total. The van der Waals surface area contributed by atoms with Crippen molar-refractivity contribution in [3.63, 3.8) is 0 Å². The van der Waals surface area contributed by atoms with Crippen molar-refractivity contribution >= 4 is 5.91 Å². The number of nitrogens with two attached hydrogens (primary N) is 1. The molecule has 0 aromatic rings. The average molecular weight is 226 g/mol. The van der Waals surface area contributed by atoms with Gasteiger partial charge in [0.15, 0.2) is 0 Å². The Hall–Kier alpha value is -0.610. The molecule has 0 unspecified atom stereocenters. The van der Waals surface area contributed by atoms with Crippen molar-refractivity contribution in [3.05, 3.63) is 0 Å². The maximum absolute atomic E-state index is 11.7. The van der Waals surface area contributed by atoms with Crippen LogP contribution < -0.4 is 11.2 Å². The van der Waals surface area contributed by atoms with Gasteiger partial charge in [0.05, 0.1) is 6.10 Å². The summed E-state index contributed by atoms with van der Waals surface area (Å²) >= 11 is 0. The minimum absolute atomic E-state index is 0.00273. The predicted octanol–water partition coefficient (Wildman–Crippen LogP) is 1.50. The van der Waals surface area contributed by atoms with E-state index >= 15 is 0 Å². The molecule has 2 rings (SSSR count). The van der Waals surface area contributed by atoms with E-state index in [0.717, 1.165) is 25.7 Å². The van der Waals surface area contributed by atoms with Crippen LogP contribution >= 0.6 is 0 Å². The maximum Gasteiger partial charge on any atom is 0.244 e. The topological polar surface area (TPSA) is 64.4 Å². The van der Waals surface area contributed by atoms with E-state index in [-0.39, 0.29) is 17.4 Å². The van der Waals surface area contributed by atoms with Crippen molar-refractivity contribution in [2.24, 2.45) is 11.1 Å². The van der Waals surface area contributed by atoms with Crippen molar-refractivity contribution in [1.82, 2.24) is 5.48 Å². The van der Waals surface area contributed by atoms with Crippen LogP contribution in [0.3, 0.4) is 0 Å². The fourth-order valence-electron chi connectivity index (χ4n) is 2.66. The van der Waals surface area contributed by atoms with Crippen molar-refractivity contribution in [2.75, 3.05) is 6.54 Å². The van der Waals surface area contributed by atoms with Crippen LogP contribution in [0.15, 0.2) is 0 Å². The Morgan fingerprint density at radius 3 is 2.50 bits per heavy atom. The Morgan fingerprint density at radius 2 is 2.00 bits per heavy atom. The Morgan fingerprint density at radius 1 is 1.31 bits per heavy atom. The highest BCUT2D eigenvalue weighted by atomic mass is 16.7. The number of nitrogens with one attached hydrogen (secondary N) is 1. The van der Waals surface area contributed by atoms with Crippen molar-refractivity contribution in [2.45, 2.75) is 57.5 Å². The fourth-order valence-corrected chi connectivity index (χ4v) is 2.66. The van der Waals surface area contributed by atoms with Crippen molar-refractivity contribution in [3.8, 4) is 0 Å². The fraction of sp³-hybridized carbons (Fsp3) is 0.917. The first kappa shape index (κ1) is 11.9. The standard InChI is InChI=1S/C12H22N2O2/c13-9-12(6-3-7-12)8-11(15)14-16-10-4-1-2-5-10/h10H,1-9,13H2,(H,14,15). The molecule has 0 saturated heterocycles. The summed E-state index contributed by atoms with van der Waals surface area (Å²) in [6.45, 7) is 0.615. The van der Waals surface area contributed by atoms with Crippen LogP contribution in [0.5, 0.6) is 0 Å². The van der Waals surface area contributed by atoms with Crippen LogP contribution in [0.25, 0.3) is 0 Å². The molecular formula is C12H22N2O2. The summed E-state index contributed by atoms with van der Waals surface area (Å²) in [5.74, 6) is -0.00273. The number of hydroxylamine groups is 1. The molecule has 0 heterocycles. The number of rotatable bonds is 5. The molecule has 0 spiro atoms. The first-order valence-corrected chi connectivity index (χ1v) is 6.39. The third-order valence-electron chi connectivity index (χ3n) is 4.02. The van der Waals surface area contributed by atoms with Gasteiger partial charge in [-0.05, 0) is 37.6 Å². The van der Waals surface area contributed by atoms with Crippen LogP contribution in [0.1, 0.15) is 51.4 Å². The highest BCUT2D eigenvalue weighted by Gasteiger charge is 2.37. The number of carbonyl (C=O) groups excluding carboxylic acids is 1. The highest BCUT2D eigenvalue weighted by molar-refractivity contribution is 5.75. The van der Waals surface area contributed by atoms with E-state index in [1.165, 1.54) is 19.3 Å². The Balaban J connectivity index is 1.67. The zero-order valence-electron chi connectivity index (χ0n) is 9.84. The summed E-state index contributed by atoms with van der Waals surface area (Å²) in [4.78, 5) is 17.1. The largest absolute Gasteiger partial charge is 0.330 e. The zero-order valence-corrected chi connectivity index (χ0v) is 9.84. The first-order valence-electron chi connectivity index (χ1n) is 6.39. The number of carbonyl (C=O) groups is 1. The van der Waals surface area contributed by atoms with E-state index < -0.39 is 0 Å². The summed E-state index contributed by atoms with van der Waals surface area (Å²) in [6, 6.07) is 0. The molecule has 1 amide bonds. The summed E-state index contributed by atoms with van der Waals surface area (Å²) in [5.41, 5.74) is 8.38. The Bertz CT molecular complexity index is 240. The SMILES string of the molecule is NCC1(CC(=O)NOC2CCCC2)CCC1. The van der Waals surface area contributed by atoms with Gasteiger partial charge in [0, 0.05) is 6.42 Å². The summed E-state index contributed by atoms with van der Waals surface area (Å²) in [7, 11) is 0. The average Bonchev–Trinajstić information content (AvgIpc) is 2.73. The van der Waals surface area contributed by atoms with Gasteiger partial charge >= 0.3 is 0 Å². The number of hydrogen-bond acceptors (Lipinski definition) is 3. The number of amides is 1. The quantitative estimate of drug-likeness (QED) is 0.698. The third-order valence-corrected chi connectivity index (χ3v) is 4.02. The van der Waals surface area contributed by atoms with E-state index in [1.54, 1.807) is 0 Å². The van der Waals surface area contributed by atoms with Crippen LogP contribution in [-0.4, -0.2) is 18.6 Å². The lowest BCUT2D eigenvalue weighted by atomic mass is 9.66. The summed E-state index contributed by atoms with van der Waals surface area (Å²) in [6.07, 6.45) is 8.70. The van der Waals surface area contributed by atoms with E-state index in [2.05, 4.69) is 5.48 Å². The lowest BCUT2D eigenvalue weighted by molar-refractivity contribution is -0.141. The van der Waals surface area contributed by atoms with Gasteiger partial charge < -0.3 is 5.73 Å². The second-order valence-corrected chi connectivity index (χ2v) is 5.28. The van der Waals surface area contributed by atoms with Gasteiger partial charge in [0.1, 0.15) is 0 Å². The van der Waals surface area contributed by atoms with Crippen LogP contribution in [0.4, 0.5) is 0 Å². The molecule has 2 saturated carbocycles. The minimum Gasteiger partial charge on any atom is -0.330 e. The Labute approximate surface area is 96.9 Å². The van der Waals surface area contributed by atoms with Gasteiger partial charge in [0.2, 0.25) is 5.91 Å². The Kier molecular flexibility index (Phi) is 3.82. The van der Waals surface area contributed by atoms with Gasteiger partial charge in [-0.2, -0.15) is 0 Å². The molecular weight excluding hydrogens is 204 g/mol. The molecule has 0 bridgehead atoms.